The Kier molecular flexibility index (Phi) is 5.23. The number of piperidine rings is 1. The van der Waals surface area contributed by atoms with Crippen molar-refractivity contribution < 1.29 is 13.2 Å². The fourth-order valence-electron chi connectivity index (χ4n) is 2.99. The van der Waals surface area contributed by atoms with E-state index in [2.05, 4.69) is 9.82 Å². The summed E-state index contributed by atoms with van der Waals surface area (Å²) in [6.07, 6.45) is 4.80. The van der Waals surface area contributed by atoms with E-state index in [9.17, 15) is 13.2 Å². The van der Waals surface area contributed by atoms with E-state index >= 15 is 0 Å². The zero-order chi connectivity index (χ0) is 16.3. The molecule has 1 aromatic rings. The number of likely N-dealkylation sites (tertiary alicyclic amines) is 1. The van der Waals surface area contributed by atoms with Crippen LogP contribution in [0.25, 0.3) is 0 Å². The molecular weight excluding hydrogens is 304 g/mol. The molecule has 1 saturated heterocycles. The molecule has 1 aromatic heterocycles. The number of hydrogen-bond acceptors (Lipinski definition) is 4. The van der Waals surface area contributed by atoms with E-state index in [-0.39, 0.29) is 23.6 Å². The highest BCUT2D eigenvalue weighted by Crippen LogP contribution is 2.36. The Hall–Kier alpha value is -1.41. The molecule has 0 unspecified atom stereocenters. The minimum Gasteiger partial charge on any atom is -0.335 e. The summed E-state index contributed by atoms with van der Waals surface area (Å²) in [5.41, 5.74) is 0.957. The molecule has 0 saturated carbocycles. The van der Waals surface area contributed by atoms with Crippen LogP contribution in [0.1, 0.15) is 38.3 Å². The molecule has 0 radical (unpaired) electrons. The summed E-state index contributed by atoms with van der Waals surface area (Å²) in [6, 6.07) is -0.125. The van der Waals surface area contributed by atoms with E-state index in [1.165, 1.54) is 0 Å². The second-order valence-corrected chi connectivity index (χ2v) is 7.72. The maximum atomic E-state index is 12.2. The average molecular weight is 328 g/mol. The van der Waals surface area contributed by atoms with Gasteiger partial charge in [-0.1, -0.05) is 0 Å². The van der Waals surface area contributed by atoms with Gasteiger partial charge in [-0.25, -0.2) is 13.1 Å². The van der Waals surface area contributed by atoms with Gasteiger partial charge < -0.3 is 4.90 Å². The average Bonchev–Trinajstić information content (AvgIpc) is 2.91. The summed E-state index contributed by atoms with van der Waals surface area (Å²) >= 11 is 0. The van der Waals surface area contributed by atoms with Crippen molar-refractivity contribution in [3.63, 3.8) is 0 Å². The van der Waals surface area contributed by atoms with Gasteiger partial charge in [-0.15, -0.1) is 0 Å². The van der Waals surface area contributed by atoms with E-state index in [0.717, 1.165) is 5.56 Å². The Morgan fingerprint density at radius 1 is 1.41 bits per heavy atom. The molecule has 1 amide bonds. The molecule has 124 valence electrons. The highest BCUT2D eigenvalue weighted by Gasteiger charge is 2.36. The number of nitrogens with zero attached hydrogens (tertiary/aromatic N) is 3. The minimum atomic E-state index is -3.23. The van der Waals surface area contributed by atoms with Gasteiger partial charge in [-0.05, 0) is 26.2 Å². The van der Waals surface area contributed by atoms with E-state index < -0.39 is 10.0 Å². The maximum absolute atomic E-state index is 12.2. The number of rotatable bonds is 6. The summed E-state index contributed by atoms with van der Waals surface area (Å²) in [5, 5.41) is 4.19. The van der Waals surface area contributed by atoms with Gasteiger partial charge in [0.05, 0.1) is 18.0 Å². The monoisotopic (exact) mass is 328 g/mol. The van der Waals surface area contributed by atoms with Crippen LogP contribution in [0, 0.1) is 5.92 Å². The van der Waals surface area contributed by atoms with Crippen LogP contribution in [0.5, 0.6) is 0 Å². The van der Waals surface area contributed by atoms with Crippen molar-refractivity contribution in [1.82, 2.24) is 19.4 Å². The van der Waals surface area contributed by atoms with E-state index in [1.807, 2.05) is 25.1 Å². The predicted molar refractivity (Wildman–Crippen MR) is 83.5 cm³/mol. The molecule has 8 heteroatoms. The third-order valence-electron chi connectivity index (χ3n) is 4.18. The molecule has 0 aliphatic carbocycles. The van der Waals surface area contributed by atoms with Gasteiger partial charge in [0, 0.05) is 38.3 Å². The molecule has 0 spiro atoms. The Labute approximate surface area is 131 Å². The Morgan fingerprint density at radius 3 is 2.68 bits per heavy atom. The second-order valence-electron chi connectivity index (χ2n) is 5.62. The van der Waals surface area contributed by atoms with Gasteiger partial charge in [-0.2, -0.15) is 5.10 Å². The largest absolute Gasteiger partial charge is 0.335 e. The zero-order valence-corrected chi connectivity index (χ0v) is 14.1. The molecule has 0 aromatic carbocycles. The fraction of sp³-hybridized carbons (Fsp3) is 0.714. The van der Waals surface area contributed by atoms with Crippen LogP contribution < -0.4 is 4.72 Å². The summed E-state index contributed by atoms with van der Waals surface area (Å²) in [4.78, 5) is 14.0. The van der Waals surface area contributed by atoms with Crippen LogP contribution >= 0.6 is 0 Å². The molecule has 2 heterocycles. The lowest BCUT2D eigenvalue weighted by atomic mass is 9.85. The molecule has 1 aliphatic heterocycles. The standard InChI is InChI=1S/C14H24N4O3S/c1-4-18-13(19)7-6-11(9-16-22(20,21)5-2)14(18)12-8-15-17(3)10-12/h8,10-11,14,16H,4-7,9H2,1-3H3/t11-,14+/m1/s1. The predicted octanol–water partition coefficient (Wildman–Crippen LogP) is 0.659. The number of hydrogen-bond donors (Lipinski definition) is 1. The van der Waals surface area contributed by atoms with Crippen molar-refractivity contribution in [2.24, 2.45) is 13.0 Å². The first-order chi connectivity index (χ1) is 10.4. The minimum absolute atomic E-state index is 0.0585. The van der Waals surface area contributed by atoms with Gasteiger partial charge in [0.25, 0.3) is 0 Å². The van der Waals surface area contributed by atoms with Crippen LogP contribution in [-0.2, 0) is 21.9 Å². The van der Waals surface area contributed by atoms with Crippen LogP contribution in [0.15, 0.2) is 12.4 Å². The smallest absolute Gasteiger partial charge is 0.223 e. The molecular formula is C14H24N4O3S. The molecule has 7 nitrogen and oxygen atoms in total. The van der Waals surface area contributed by atoms with E-state index in [4.69, 9.17) is 0 Å². The first-order valence-electron chi connectivity index (χ1n) is 7.63. The highest BCUT2D eigenvalue weighted by molar-refractivity contribution is 7.89. The SMILES string of the molecule is CCN1C(=O)CC[C@H](CNS(=O)(=O)CC)[C@H]1c1cnn(C)c1. The Morgan fingerprint density at radius 2 is 2.14 bits per heavy atom. The lowest BCUT2D eigenvalue weighted by molar-refractivity contribution is -0.138. The summed E-state index contributed by atoms with van der Waals surface area (Å²) in [6.45, 7) is 4.51. The van der Waals surface area contributed by atoms with Crippen molar-refractivity contribution in [1.29, 1.82) is 0 Å². The van der Waals surface area contributed by atoms with Crippen LogP contribution in [0.2, 0.25) is 0 Å². The van der Waals surface area contributed by atoms with Crippen molar-refractivity contribution in [3.8, 4) is 0 Å². The third-order valence-corrected chi connectivity index (χ3v) is 5.55. The summed E-state index contributed by atoms with van der Waals surface area (Å²) < 4.78 is 27.7. The van der Waals surface area contributed by atoms with Gasteiger partial charge in [0.1, 0.15) is 0 Å². The normalized spacial score (nSPS) is 23.0. The van der Waals surface area contributed by atoms with Crippen molar-refractivity contribution >= 4 is 15.9 Å². The lowest BCUT2D eigenvalue weighted by Crippen LogP contribution is -2.46. The third kappa shape index (κ3) is 3.67. The van der Waals surface area contributed by atoms with Crippen molar-refractivity contribution in [2.75, 3.05) is 18.8 Å². The van der Waals surface area contributed by atoms with Crippen molar-refractivity contribution in [3.05, 3.63) is 18.0 Å². The number of nitrogens with one attached hydrogen (secondary N) is 1. The molecule has 2 rings (SSSR count). The maximum Gasteiger partial charge on any atom is 0.223 e. The molecule has 2 atom stereocenters. The fourth-order valence-corrected chi connectivity index (χ4v) is 3.66. The van der Waals surface area contributed by atoms with Gasteiger partial charge in [-0.3, -0.25) is 9.48 Å². The molecule has 1 N–H and O–H groups in total. The molecule has 1 fully saturated rings. The van der Waals surface area contributed by atoms with Crippen molar-refractivity contribution in [2.45, 2.75) is 32.7 Å². The number of sulfonamides is 1. The molecule has 1 aliphatic rings. The zero-order valence-electron chi connectivity index (χ0n) is 13.3. The topological polar surface area (TPSA) is 84.3 Å². The van der Waals surface area contributed by atoms with E-state index in [0.29, 0.717) is 25.9 Å². The lowest BCUT2D eigenvalue weighted by Gasteiger charge is -2.40. The van der Waals surface area contributed by atoms with Gasteiger partial charge >= 0.3 is 0 Å². The van der Waals surface area contributed by atoms with Crippen LogP contribution in [-0.4, -0.2) is 47.8 Å². The second kappa shape index (κ2) is 6.78. The number of aryl methyl sites for hydroxylation is 1. The van der Waals surface area contributed by atoms with Crippen LogP contribution in [0.4, 0.5) is 0 Å². The summed E-state index contributed by atoms with van der Waals surface area (Å²) in [5.74, 6) is 0.238. The Balaban J connectivity index is 2.24. The first-order valence-corrected chi connectivity index (χ1v) is 9.28. The number of carbonyl (C=O) groups excluding carboxylic acids is 1. The van der Waals surface area contributed by atoms with E-state index in [1.54, 1.807) is 17.8 Å². The number of aromatic nitrogens is 2. The van der Waals surface area contributed by atoms with Gasteiger partial charge in [0.15, 0.2) is 0 Å². The number of amides is 1. The number of carbonyl (C=O) groups is 1. The van der Waals surface area contributed by atoms with Gasteiger partial charge in [0.2, 0.25) is 15.9 Å². The molecule has 22 heavy (non-hydrogen) atoms. The molecule has 0 bridgehead atoms. The highest BCUT2D eigenvalue weighted by atomic mass is 32.2. The first kappa shape index (κ1) is 17.0. The Bertz CT molecular complexity index is 626. The quantitative estimate of drug-likeness (QED) is 0.831. The summed E-state index contributed by atoms with van der Waals surface area (Å²) in [7, 11) is -1.40. The van der Waals surface area contributed by atoms with Crippen LogP contribution in [0.3, 0.4) is 0 Å².